The molecule has 0 aliphatic carbocycles. The normalized spacial score (nSPS) is 11.9. The number of ether oxygens (including phenoxy) is 1. The molecule has 2 rings (SSSR count). The SMILES string of the molecule is COc1ccc(NC(CO)c2ccc(O)c(Cl)c2)cc1. The zero-order valence-electron chi connectivity index (χ0n) is 11.0. The van der Waals surface area contributed by atoms with Crippen LogP contribution in [0.5, 0.6) is 11.5 Å². The molecule has 0 radical (unpaired) electrons. The van der Waals surface area contributed by atoms with Crippen molar-refractivity contribution in [3.63, 3.8) is 0 Å². The minimum absolute atomic E-state index is 0.0246. The number of rotatable bonds is 5. The van der Waals surface area contributed by atoms with Crippen molar-refractivity contribution in [3.05, 3.63) is 53.1 Å². The molecule has 0 spiro atoms. The summed E-state index contributed by atoms with van der Waals surface area (Å²) in [5.41, 5.74) is 1.65. The lowest BCUT2D eigenvalue weighted by Gasteiger charge is -2.18. The van der Waals surface area contributed by atoms with Gasteiger partial charge in [0.1, 0.15) is 11.5 Å². The van der Waals surface area contributed by atoms with Crippen LogP contribution in [0.2, 0.25) is 5.02 Å². The second-order valence-electron chi connectivity index (χ2n) is 4.32. The molecule has 0 saturated heterocycles. The van der Waals surface area contributed by atoms with E-state index in [0.717, 1.165) is 17.0 Å². The van der Waals surface area contributed by atoms with E-state index < -0.39 is 0 Å². The fraction of sp³-hybridized carbons (Fsp3) is 0.200. The van der Waals surface area contributed by atoms with Crippen LogP contribution in [-0.2, 0) is 0 Å². The molecular formula is C15H16ClNO3. The lowest BCUT2D eigenvalue weighted by Crippen LogP contribution is -2.14. The average Bonchev–Trinajstić information content (AvgIpc) is 2.48. The van der Waals surface area contributed by atoms with E-state index in [1.54, 1.807) is 19.2 Å². The molecule has 2 aromatic rings. The first-order valence-corrected chi connectivity index (χ1v) is 6.51. The lowest BCUT2D eigenvalue weighted by molar-refractivity contribution is 0.276. The summed E-state index contributed by atoms with van der Waals surface area (Å²) >= 11 is 5.88. The van der Waals surface area contributed by atoms with Gasteiger partial charge < -0.3 is 20.3 Å². The van der Waals surface area contributed by atoms with Gasteiger partial charge in [-0.3, -0.25) is 0 Å². The number of phenols is 1. The first-order chi connectivity index (χ1) is 9.63. The third-order valence-electron chi connectivity index (χ3n) is 2.99. The van der Waals surface area contributed by atoms with Crippen LogP contribution in [-0.4, -0.2) is 23.9 Å². The number of anilines is 1. The van der Waals surface area contributed by atoms with Crippen LogP contribution in [0.25, 0.3) is 0 Å². The van der Waals surface area contributed by atoms with Crippen LogP contribution >= 0.6 is 11.6 Å². The average molecular weight is 294 g/mol. The molecule has 1 unspecified atom stereocenters. The van der Waals surface area contributed by atoms with Crippen molar-refractivity contribution in [2.45, 2.75) is 6.04 Å². The quantitative estimate of drug-likeness (QED) is 0.792. The molecule has 1 atom stereocenters. The van der Waals surface area contributed by atoms with E-state index in [1.165, 1.54) is 6.07 Å². The molecule has 0 heterocycles. The largest absolute Gasteiger partial charge is 0.506 e. The zero-order valence-corrected chi connectivity index (χ0v) is 11.8. The number of hydrogen-bond donors (Lipinski definition) is 3. The summed E-state index contributed by atoms with van der Waals surface area (Å²) in [6.07, 6.45) is 0. The first kappa shape index (κ1) is 14.5. The van der Waals surface area contributed by atoms with Gasteiger partial charge >= 0.3 is 0 Å². The fourth-order valence-corrected chi connectivity index (χ4v) is 2.05. The van der Waals surface area contributed by atoms with E-state index in [9.17, 15) is 10.2 Å². The second kappa shape index (κ2) is 6.50. The molecule has 4 nitrogen and oxygen atoms in total. The molecule has 20 heavy (non-hydrogen) atoms. The van der Waals surface area contributed by atoms with Crippen molar-refractivity contribution in [1.29, 1.82) is 0 Å². The Kier molecular flexibility index (Phi) is 4.71. The van der Waals surface area contributed by atoms with Crippen molar-refractivity contribution in [2.75, 3.05) is 19.0 Å². The molecule has 0 aliphatic heterocycles. The van der Waals surface area contributed by atoms with Crippen molar-refractivity contribution < 1.29 is 14.9 Å². The Bertz CT molecular complexity index is 572. The highest BCUT2D eigenvalue weighted by molar-refractivity contribution is 6.32. The van der Waals surface area contributed by atoms with E-state index >= 15 is 0 Å². The Morgan fingerprint density at radius 3 is 2.45 bits per heavy atom. The molecule has 0 aliphatic rings. The second-order valence-corrected chi connectivity index (χ2v) is 4.73. The van der Waals surface area contributed by atoms with Crippen LogP contribution in [0.4, 0.5) is 5.69 Å². The van der Waals surface area contributed by atoms with Crippen LogP contribution in [0, 0.1) is 0 Å². The molecule has 0 amide bonds. The first-order valence-electron chi connectivity index (χ1n) is 6.14. The minimum atomic E-state index is -0.304. The van der Waals surface area contributed by atoms with Gasteiger partial charge in [-0.1, -0.05) is 17.7 Å². The maximum Gasteiger partial charge on any atom is 0.134 e. The van der Waals surface area contributed by atoms with Crippen LogP contribution in [0.3, 0.4) is 0 Å². The van der Waals surface area contributed by atoms with Gasteiger partial charge in [-0.05, 0) is 42.0 Å². The van der Waals surface area contributed by atoms with Crippen molar-refractivity contribution >= 4 is 17.3 Å². The molecule has 106 valence electrons. The third kappa shape index (κ3) is 3.35. The highest BCUT2D eigenvalue weighted by Gasteiger charge is 2.12. The van der Waals surface area contributed by atoms with E-state index in [0.29, 0.717) is 0 Å². The number of aliphatic hydroxyl groups excluding tert-OH is 1. The number of nitrogens with one attached hydrogen (secondary N) is 1. The van der Waals surface area contributed by atoms with E-state index in [1.807, 2.05) is 24.3 Å². The molecule has 2 aromatic carbocycles. The molecule has 0 aromatic heterocycles. The predicted molar refractivity (Wildman–Crippen MR) is 79.6 cm³/mol. The summed E-state index contributed by atoms with van der Waals surface area (Å²) in [6, 6.07) is 12.0. The zero-order chi connectivity index (χ0) is 14.5. The van der Waals surface area contributed by atoms with Crippen LogP contribution < -0.4 is 10.1 Å². The fourth-order valence-electron chi connectivity index (χ4n) is 1.86. The molecule has 3 N–H and O–H groups in total. The highest BCUT2D eigenvalue weighted by Crippen LogP contribution is 2.28. The van der Waals surface area contributed by atoms with Crippen LogP contribution in [0.1, 0.15) is 11.6 Å². The number of benzene rings is 2. The third-order valence-corrected chi connectivity index (χ3v) is 3.29. The Morgan fingerprint density at radius 2 is 1.90 bits per heavy atom. The van der Waals surface area contributed by atoms with Gasteiger partial charge in [0.05, 0.1) is 24.8 Å². The molecule has 0 bridgehead atoms. The summed E-state index contributed by atoms with van der Waals surface area (Å²) in [7, 11) is 1.61. The summed E-state index contributed by atoms with van der Waals surface area (Å²) in [5, 5.41) is 22.4. The van der Waals surface area contributed by atoms with E-state index in [-0.39, 0.29) is 23.4 Å². The number of hydrogen-bond acceptors (Lipinski definition) is 4. The van der Waals surface area contributed by atoms with Crippen molar-refractivity contribution in [2.24, 2.45) is 0 Å². The number of aliphatic hydroxyl groups is 1. The Morgan fingerprint density at radius 1 is 1.20 bits per heavy atom. The van der Waals surface area contributed by atoms with Crippen LogP contribution in [0.15, 0.2) is 42.5 Å². The number of phenolic OH excluding ortho intramolecular Hbond substituents is 1. The van der Waals surface area contributed by atoms with Gasteiger partial charge in [0.2, 0.25) is 0 Å². The van der Waals surface area contributed by atoms with Gasteiger partial charge in [-0.15, -0.1) is 0 Å². The Labute approximate surface area is 122 Å². The molecule has 0 saturated carbocycles. The summed E-state index contributed by atoms with van der Waals surface area (Å²) in [6.45, 7) is -0.0901. The summed E-state index contributed by atoms with van der Waals surface area (Å²) in [5.74, 6) is 0.792. The van der Waals surface area contributed by atoms with Crippen molar-refractivity contribution in [3.8, 4) is 11.5 Å². The Hall–Kier alpha value is -1.91. The number of halogens is 1. The summed E-state index contributed by atoms with van der Waals surface area (Å²) < 4.78 is 5.09. The number of aromatic hydroxyl groups is 1. The van der Waals surface area contributed by atoms with Gasteiger partial charge in [-0.25, -0.2) is 0 Å². The maximum absolute atomic E-state index is 9.51. The lowest BCUT2D eigenvalue weighted by atomic mass is 10.1. The minimum Gasteiger partial charge on any atom is -0.506 e. The monoisotopic (exact) mass is 293 g/mol. The predicted octanol–water partition coefficient (Wildman–Crippen LogP) is 3.20. The maximum atomic E-state index is 9.51. The van der Waals surface area contributed by atoms with E-state index in [4.69, 9.17) is 16.3 Å². The smallest absolute Gasteiger partial charge is 0.134 e. The molecular weight excluding hydrogens is 278 g/mol. The van der Waals surface area contributed by atoms with E-state index in [2.05, 4.69) is 5.32 Å². The summed E-state index contributed by atoms with van der Waals surface area (Å²) in [4.78, 5) is 0. The van der Waals surface area contributed by atoms with Crippen molar-refractivity contribution in [1.82, 2.24) is 0 Å². The topological polar surface area (TPSA) is 61.7 Å². The van der Waals surface area contributed by atoms with Gasteiger partial charge in [0.25, 0.3) is 0 Å². The molecule has 0 fully saturated rings. The highest BCUT2D eigenvalue weighted by atomic mass is 35.5. The van der Waals surface area contributed by atoms with Gasteiger partial charge in [0, 0.05) is 5.69 Å². The number of methoxy groups -OCH3 is 1. The standard InChI is InChI=1S/C15H16ClNO3/c1-20-12-5-3-11(4-6-12)17-14(9-18)10-2-7-15(19)13(16)8-10/h2-8,14,17-19H,9H2,1H3. The van der Waals surface area contributed by atoms with Gasteiger partial charge in [0.15, 0.2) is 0 Å². The molecule has 5 heteroatoms. The van der Waals surface area contributed by atoms with Gasteiger partial charge in [-0.2, -0.15) is 0 Å². The Balaban J connectivity index is 2.16.